The van der Waals surface area contributed by atoms with Crippen LogP contribution in [0.4, 0.5) is 0 Å². The second-order valence-electron chi connectivity index (χ2n) is 8.02. The molecule has 2 aromatic carbocycles. The first-order valence-corrected chi connectivity index (χ1v) is 11.4. The van der Waals surface area contributed by atoms with Gasteiger partial charge in [0.15, 0.2) is 0 Å². The molecule has 2 aromatic rings. The van der Waals surface area contributed by atoms with Crippen LogP contribution in [-0.4, -0.2) is 35.2 Å². The van der Waals surface area contributed by atoms with Gasteiger partial charge in [0.25, 0.3) is 0 Å². The van der Waals surface area contributed by atoms with Crippen molar-refractivity contribution >= 4 is 29.3 Å². The van der Waals surface area contributed by atoms with E-state index in [1.165, 1.54) is 0 Å². The maximum absolute atomic E-state index is 12.1. The molecule has 2 unspecified atom stereocenters. The third-order valence-corrected chi connectivity index (χ3v) is 6.70. The summed E-state index contributed by atoms with van der Waals surface area (Å²) in [5.74, 6) is 0.199. The van der Waals surface area contributed by atoms with Crippen molar-refractivity contribution < 1.29 is 5.11 Å². The standard InChI is InChI=1S/C25H31Cl2NO/c1-3-28(4-2)18-22-7-5-6-21(16-19-8-12-23(26)13-9-19)25(22,29)17-20-10-14-24(27)15-11-20/h8-16,22,29H,3-7,17-18H2,1-2H3. The van der Waals surface area contributed by atoms with E-state index in [4.69, 9.17) is 23.2 Å². The van der Waals surface area contributed by atoms with Crippen molar-refractivity contribution in [3.8, 4) is 0 Å². The molecule has 3 rings (SSSR count). The van der Waals surface area contributed by atoms with Crippen molar-refractivity contribution in [2.45, 2.75) is 45.1 Å². The van der Waals surface area contributed by atoms with E-state index >= 15 is 0 Å². The Bertz CT molecular complexity index is 812. The maximum Gasteiger partial charge on any atom is 0.0940 e. The summed E-state index contributed by atoms with van der Waals surface area (Å²) >= 11 is 12.1. The van der Waals surface area contributed by atoms with Crippen LogP contribution in [0, 0.1) is 5.92 Å². The van der Waals surface area contributed by atoms with Crippen LogP contribution in [0.1, 0.15) is 44.2 Å². The summed E-state index contributed by atoms with van der Waals surface area (Å²) in [4.78, 5) is 2.42. The van der Waals surface area contributed by atoms with Crippen molar-refractivity contribution in [3.63, 3.8) is 0 Å². The highest BCUT2D eigenvalue weighted by molar-refractivity contribution is 6.30. The maximum atomic E-state index is 12.1. The molecule has 1 fully saturated rings. The summed E-state index contributed by atoms with van der Waals surface area (Å²) in [6.45, 7) is 7.29. The molecule has 0 amide bonds. The molecule has 0 saturated heterocycles. The minimum atomic E-state index is -0.867. The quantitative estimate of drug-likeness (QED) is 0.540. The van der Waals surface area contributed by atoms with Crippen LogP contribution < -0.4 is 0 Å². The van der Waals surface area contributed by atoms with Crippen LogP contribution in [0.15, 0.2) is 54.1 Å². The lowest BCUT2D eigenvalue weighted by molar-refractivity contribution is -0.0165. The zero-order chi connectivity index (χ0) is 20.9. The Kier molecular flexibility index (Phi) is 7.81. The van der Waals surface area contributed by atoms with Gasteiger partial charge in [0, 0.05) is 28.9 Å². The molecule has 0 spiro atoms. The van der Waals surface area contributed by atoms with Crippen molar-refractivity contribution in [2.75, 3.05) is 19.6 Å². The zero-order valence-corrected chi connectivity index (χ0v) is 18.9. The second-order valence-corrected chi connectivity index (χ2v) is 8.90. The number of hydrogen-bond donors (Lipinski definition) is 1. The lowest BCUT2D eigenvalue weighted by Crippen LogP contribution is -2.49. The Hall–Kier alpha value is -1.32. The monoisotopic (exact) mass is 431 g/mol. The van der Waals surface area contributed by atoms with E-state index < -0.39 is 5.60 Å². The van der Waals surface area contributed by atoms with Gasteiger partial charge in [-0.15, -0.1) is 0 Å². The van der Waals surface area contributed by atoms with Gasteiger partial charge >= 0.3 is 0 Å². The Morgan fingerprint density at radius 3 is 2.17 bits per heavy atom. The number of benzene rings is 2. The predicted octanol–water partition coefficient (Wildman–Crippen LogP) is 6.49. The molecule has 4 heteroatoms. The first-order valence-electron chi connectivity index (χ1n) is 10.6. The smallest absolute Gasteiger partial charge is 0.0940 e. The van der Waals surface area contributed by atoms with Gasteiger partial charge in [-0.25, -0.2) is 0 Å². The molecule has 1 saturated carbocycles. The highest BCUT2D eigenvalue weighted by Gasteiger charge is 2.43. The highest BCUT2D eigenvalue weighted by Crippen LogP contribution is 2.42. The van der Waals surface area contributed by atoms with Crippen molar-refractivity contribution in [1.82, 2.24) is 4.90 Å². The molecule has 0 aromatic heterocycles. The van der Waals surface area contributed by atoms with Gasteiger partial charge in [-0.05, 0) is 73.3 Å². The predicted molar refractivity (Wildman–Crippen MR) is 125 cm³/mol. The molecule has 0 radical (unpaired) electrons. The van der Waals surface area contributed by atoms with Crippen LogP contribution >= 0.6 is 23.2 Å². The third-order valence-electron chi connectivity index (χ3n) is 6.20. The van der Waals surface area contributed by atoms with E-state index in [1.807, 2.05) is 48.5 Å². The largest absolute Gasteiger partial charge is 0.385 e. The minimum absolute atomic E-state index is 0.199. The molecule has 0 heterocycles. The molecule has 1 aliphatic carbocycles. The van der Waals surface area contributed by atoms with Crippen LogP contribution in [0.3, 0.4) is 0 Å². The van der Waals surface area contributed by atoms with E-state index in [2.05, 4.69) is 24.8 Å². The second kappa shape index (κ2) is 10.1. The molecule has 156 valence electrons. The van der Waals surface area contributed by atoms with Gasteiger partial charge in [-0.2, -0.15) is 0 Å². The van der Waals surface area contributed by atoms with Crippen LogP contribution in [0.25, 0.3) is 6.08 Å². The molecule has 1 N–H and O–H groups in total. The Labute approximate surface area is 185 Å². The summed E-state index contributed by atoms with van der Waals surface area (Å²) in [5, 5.41) is 13.6. The normalized spacial score (nSPS) is 23.7. The van der Waals surface area contributed by atoms with Crippen LogP contribution in [-0.2, 0) is 6.42 Å². The topological polar surface area (TPSA) is 23.5 Å². The van der Waals surface area contributed by atoms with E-state index in [-0.39, 0.29) is 5.92 Å². The molecular formula is C25H31Cl2NO. The summed E-state index contributed by atoms with van der Waals surface area (Å²) < 4.78 is 0. The minimum Gasteiger partial charge on any atom is -0.385 e. The van der Waals surface area contributed by atoms with Crippen LogP contribution in [0.2, 0.25) is 10.0 Å². The summed E-state index contributed by atoms with van der Waals surface area (Å²) in [7, 11) is 0. The molecule has 1 aliphatic rings. The highest BCUT2D eigenvalue weighted by atomic mass is 35.5. The summed E-state index contributed by atoms with van der Waals surface area (Å²) in [6, 6.07) is 15.7. The fourth-order valence-electron chi connectivity index (χ4n) is 4.42. The van der Waals surface area contributed by atoms with Crippen molar-refractivity contribution in [3.05, 3.63) is 75.3 Å². The molecule has 29 heavy (non-hydrogen) atoms. The Morgan fingerprint density at radius 1 is 1.00 bits per heavy atom. The Balaban J connectivity index is 1.97. The van der Waals surface area contributed by atoms with Crippen molar-refractivity contribution in [2.24, 2.45) is 5.92 Å². The van der Waals surface area contributed by atoms with E-state index in [1.54, 1.807) is 0 Å². The van der Waals surface area contributed by atoms with Crippen molar-refractivity contribution in [1.29, 1.82) is 0 Å². The fraction of sp³-hybridized carbons (Fsp3) is 0.440. The molecular weight excluding hydrogens is 401 g/mol. The number of halogens is 2. The van der Waals surface area contributed by atoms with Gasteiger partial charge in [0.2, 0.25) is 0 Å². The number of hydrogen-bond acceptors (Lipinski definition) is 2. The van der Waals surface area contributed by atoms with Gasteiger partial charge in [0.05, 0.1) is 5.60 Å². The van der Waals surface area contributed by atoms with E-state index in [0.717, 1.165) is 65.6 Å². The van der Waals surface area contributed by atoms with E-state index in [9.17, 15) is 5.11 Å². The molecule has 2 atom stereocenters. The molecule has 0 bridgehead atoms. The first kappa shape index (κ1) is 22.4. The number of aliphatic hydroxyl groups is 1. The van der Waals surface area contributed by atoms with Gasteiger partial charge in [-0.1, -0.05) is 67.4 Å². The molecule has 2 nitrogen and oxygen atoms in total. The zero-order valence-electron chi connectivity index (χ0n) is 17.4. The van der Waals surface area contributed by atoms with E-state index in [0.29, 0.717) is 6.42 Å². The van der Waals surface area contributed by atoms with Gasteiger partial charge in [0.1, 0.15) is 0 Å². The van der Waals surface area contributed by atoms with Crippen LogP contribution in [0.5, 0.6) is 0 Å². The number of nitrogens with zero attached hydrogens (tertiary/aromatic N) is 1. The summed E-state index contributed by atoms with van der Waals surface area (Å²) in [5.41, 5.74) is 2.46. The fourth-order valence-corrected chi connectivity index (χ4v) is 4.67. The lowest BCUT2D eigenvalue weighted by atomic mass is 9.68. The SMILES string of the molecule is CCN(CC)CC1CCCC(=Cc2ccc(Cl)cc2)C1(O)Cc1ccc(Cl)cc1. The third kappa shape index (κ3) is 5.64. The number of rotatable bonds is 7. The van der Waals surface area contributed by atoms with Gasteiger partial charge < -0.3 is 10.0 Å². The average molecular weight is 432 g/mol. The van der Waals surface area contributed by atoms with Gasteiger partial charge in [-0.3, -0.25) is 0 Å². The first-order chi connectivity index (χ1) is 13.9. The molecule has 0 aliphatic heterocycles. The summed E-state index contributed by atoms with van der Waals surface area (Å²) in [6.07, 6.45) is 5.84. The lowest BCUT2D eigenvalue weighted by Gasteiger charge is -2.44. The Morgan fingerprint density at radius 2 is 1.59 bits per heavy atom. The average Bonchev–Trinajstić information content (AvgIpc) is 2.72.